The Balaban J connectivity index is 2.32. The summed E-state index contributed by atoms with van der Waals surface area (Å²) in [5.41, 5.74) is -0.293. The highest BCUT2D eigenvalue weighted by atomic mass is 16.2. The van der Waals surface area contributed by atoms with Crippen molar-refractivity contribution in [3.8, 4) is 0 Å². The molecule has 0 bridgehead atoms. The standard InChI is InChI=1S/C13H17N5O3/c1-7-6-8(11(19)15-5-3-4-14-2)16-10-9(7)12(20)18-13(21)17-10/h6,14H,3-5H2,1-2H3,(H,15,19)(H2,16,17,18,20,21). The van der Waals surface area contributed by atoms with Gasteiger partial charge in [0.15, 0.2) is 0 Å². The molecule has 112 valence electrons. The molecule has 0 spiro atoms. The first kappa shape index (κ1) is 14.9. The van der Waals surface area contributed by atoms with Crippen LogP contribution < -0.4 is 21.9 Å². The molecule has 0 saturated heterocycles. The Kier molecular flexibility index (Phi) is 4.49. The number of hydrogen-bond acceptors (Lipinski definition) is 5. The molecule has 0 aliphatic heterocycles. The molecule has 0 aromatic carbocycles. The van der Waals surface area contributed by atoms with E-state index in [1.165, 1.54) is 6.07 Å². The maximum atomic E-state index is 12.0. The number of hydrogen-bond donors (Lipinski definition) is 4. The Hall–Kier alpha value is -2.48. The number of aromatic nitrogens is 3. The fraction of sp³-hybridized carbons (Fsp3) is 0.385. The van der Waals surface area contributed by atoms with E-state index >= 15 is 0 Å². The molecule has 0 unspecified atom stereocenters. The van der Waals surface area contributed by atoms with Crippen LogP contribution in [0, 0.1) is 6.92 Å². The van der Waals surface area contributed by atoms with Crippen molar-refractivity contribution >= 4 is 16.9 Å². The van der Waals surface area contributed by atoms with E-state index in [1.54, 1.807) is 6.92 Å². The van der Waals surface area contributed by atoms with Gasteiger partial charge in [-0.15, -0.1) is 0 Å². The van der Waals surface area contributed by atoms with Crippen LogP contribution in [0.5, 0.6) is 0 Å². The van der Waals surface area contributed by atoms with E-state index in [0.29, 0.717) is 12.1 Å². The van der Waals surface area contributed by atoms with Crippen LogP contribution in [0.4, 0.5) is 0 Å². The average Bonchev–Trinajstić information content (AvgIpc) is 2.42. The number of aromatic amines is 2. The summed E-state index contributed by atoms with van der Waals surface area (Å²) in [5.74, 6) is -0.336. The second-order valence-corrected chi connectivity index (χ2v) is 4.67. The van der Waals surface area contributed by atoms with Crippen molar-refractivity contribution in [3.05, 3.63) is 38.2 Å². The minimum absolute atomic E-state index is 0.115. The highest BCUT2D eigenvalue weighted by molar-refractivity contribution is 5.95. The van der Waals surface area contributed by atoms with E-state index in [2.05, 4.69) is 25.6 Å². The lowest BCUT2D eigenvalue weighted by molar-refractivity contribution is 0.0948. The summed E-state index contributed by atoms with van der Waals surface area (Å²) >= 11 is 0. The Labute approximate surface area is 120 Å². The maximum Gasteiger partial charge on any atom is 0.327 e. The third kappa shape index (κ3) is 3.34. The molecule has 8 heteroatoms. The molecule has 0 radical (unpaired) electrons. The highest BCUT2D eigenvalue weighted by Gasteiger charge is 2.12. The molecule has 0 saturated carbocycles. The third-order valence-electron chi connectivity index (χ3n) is 3.02. The summed E-state index contributed by atoms with van der Waals surface area (Å²) in [6.45, 7) is 3.01. The lowest BCUT2D eigenvalue weighted by Crippen LogP contribution is -2.28. The molecular formula is C13H17N5O3. The van der Waals surface area contributed by atoms with E-state index in [9.17, 15) is 14.4 Å². The number of carbonyl (C=O) groups is 1. The van der Waals surface area contributed by atoms with Crippen molar-refractivity contribution in [2.45, 2.75) is 13.3 Å². The van der Waals surface area contributed by atoms with Gasteiger partial charge in [-0.3, -0.25) is 19.6 Å². The highest BCUT2D eigenvalue weighted by Crippen LogP contribution is 2.10. The summed E-state index contributed by atoms with van der Waals surface area (Å²) in [7, 11) is 1.84. The van der Waals surface area contributed by atoms with Gasteiger partial charge < -0.3 is 10.6 Å². The maximum absolute atomic E-state index is 12.0. The van der Waals surface area contributed by atoms with E-state index in [1.807, 2.05) is 7.05 Å². The van der Waals surface area contributed by atoms with Gasteiger partial charge in [0.05, 0.1) is 5.39 Å². The summed E-state index contributed by atoms with van der Waals surface area (Å²) in [6.07, 6.45) is 0.797. The van der Waals surface area contributed by atoms with Crippen LogP contribution in [0.3, 0.4) is 0 Å². The van der Waals surface area contributed by atoms with Crippen LogP contribution in [0.15, 0.2) is 15.7 Å². The zero-order valence-corrected chi connectivity index (χ0v) is 11.9. The second-order valence-electron chi connectivity index (χ2n) is 4.67. The molecule has 4 N–H and O–H groups in total. The van der Waals surface area contributed by atoms with Gasteiger partial charge >= 0.3 is 5.69 Å². The Morgan fingerprint density at radius 2 is 2.05 bits per heavy atom. The fourth-order valence-electron chi connectivity index (χ4n) is 2.03. The number of carbonyl (C=O) groups excluding carboxylic acids is 1. The number of aryl methyl sites for hydroxylation is 1. The summed E-state index contributed by atoms with van der Waals surface area (Å²) in [5, 5.41) is 6.00. The van der Waals surface area contributed by atoms with Gasteiger partial charge in [0, 0.05) is 6.54 Å². The van der Waals surface area contributed by atoms with Crippen molar-refractivity contribution in [2.75, 3.05) is 20.1 Å². The van der Waals surface area contributed by atoms with Crippen LogP contribution in [-0.2, 0) is 0 Å². The number of fused-ring (bicyclic) bond motifs is 1. The molecule has 0 atom stereocenters. The first-order valence-corrected chi connectivity index (χ1v) is 6.59. The topological polar surface area (TPSA) is 120 Å². The van der Waals surface area contributed by atoms with Gasteiger partial charge in [-0.05, 0) is 38.6 Å². The molecular weight excluding hydrogens is 274 g/mol. The molecule has 2 aromatic heterocycles. The predicted octanol–water partition coefficient (Wildman–Crippen LogP) is -0.741. The Morgan fingerprint density at radius 3 is 2.76 bits per heavy atom. The van der Waals surface area contributed by atoms with Crippen molar-refractivity contribution < 1.29 is 4.79 Å². The van der Waals surface area contributed by atoms with Crippen LogP contribution in [0.2, 0.25) is 0 Å². The van der Waals surface area contributed by atoms with Gasteiger partial charge in [-0.25, -0.2) is 9.78 Å². The second kappa shape index (κ2) is 6.31. The molecule has 1 amide bonds. The van der Waals surface area contributed by atoms with Crippen molar-refractivity contribution in [2.24, 2.45) is 0 Å². The van der Waals surface area contributed by atoms with Crippen LogP contribution in [0.25, 0.3) is 11.0 Å². The van der Waals surface area contributed by atoms with E-state index in [0.717, 1.165) is 13.0 Å². The van der Waals surface area contributed by atoms with Crippen LogP contribution >= 0.6 is 0 Å². The number of nitrogens with zero attached hydrogens (tertiary/aromatic N) is 1. The Bertz CT molecular complexity index is 777. The Morgan fingerprint density at radius 1 is 1.29 bits per heavy atom. The first-order chi connectivity index (χ1) is 10.0. The van der Waals surface area contributed by atoms with Gasteiger partial charge in [-0.1, -0.05) is 0 Å². The zero-order valence-electron chi connectivity index (χ0n) is 11.9. The van der Waals surface area contributed by atoms with Crippen molar-refractivity contribution in [1.82, 2.24) is 25.6 Å². The first-order valence-electron chi connectivity index (χ1n) is 6.59. The summed E-state index contributed by atoms with van der Waals surface area (Å²) in [4.78, 5) is 43.6. The van der Waals surface area contributed by atoms with E-state index in [-0.39, 0.29) is 22.6 Å². The molecule has 2 aromatic rings. The zero-order chi connectivity index (χ0) is 15.4. The smallest absolute Gasteiger partial charge is 0.327 e. The average molecular weight is 291 g/mol. The van der Waals surface area contributed by atoms with Crippen LogP contribution in [-0.4, -0.2) is 41.0 Å². The number of rotatable bonds is 5. The summed E-state index contributed by atoms with van der Waals surface area (Å²) < 4.78 is 0. The molecule has 0 aliphatic rings. The normalized spacial score (nSPS) is 10.8. The molecule has 0 aliphatic carbocycles. The quantitative estimate of drug-likeness (QED) is 0.541. The largest absolute Gasteiger partial charge is 0.351 e. The monoisotopic (exact) mass is 291 g/mol. The van der Waals surface area contributed by atoms with Gasteiger partial charge in [0.2, 0.25) is 0 Å². The van der Waals surface area contributed by atoms with Gasteiger partial charge in [0.25, 0.3) is 11.5 Å². The van der Waals surface area contributed by atoms with Crippen LogP contribution in [0.1, 0.15) is 22.5 Å². The lowest BCUT2D eigenvalue weighted by Gasteiger charge is -2.07. The molecule has 0 fully saturated rings. The van der Waals surface area contributed by atoms with Crippen molar-refractivity contribution in [3.63, 3.8) is 0 Å². The lowest BCUT2D eigenvalue weighted by atomic mass is 10.1. The number of H-pyrrole nitrogens is 2. The number of amides is 1. The molecule has 2 rings (SSSR count). The SMILES string of the molecule is CNCCCNC(=O)c1cc(C)c2c(=O)[nH]c(=O)[nH]c2n1. The fourth-order valence-corrected chi connectivity index (χ4v) is 2.03. The van der Waals surface area contributed by atoms with Gasteiger partial charge in [-0.2, -0.15) is 0 Å². The number of nitrogens with one attached hydrogen (secondary N) is 4. The third-order valence-corrected chi connectivity index (χ3v) is 3.02. The van der Waals surface area contributed by atoms with Gasteiger partial charge in [0.1, 0.15) is 11.3 Å². The predicted molar refractivity (Wildman–Crippen MR) is 78.6 cm³/mol. The van der Waals surface area contributed by atoms with E-state index < -0.39 is 11.2 Å². The molecule has 2 heterocycles. The van der Waals surface area contributed by atoms with Crippen molar-refractivity contribution in [1.29, 1.82) is 0 Å². The molecule has 21 heavy (non-hydrogen) atoms. The molecule has 8 nitrogen and oxygen atoms in total. The van der Waals surface area contributed by atoms with E-state index in [4.69, 9.17) is 0 Å². The minimum Gasteiger partial charge on any atom is -0.351 e. The minimum atomic E-state index is -0.647. The summed E-state index contributed by atoms with van der Waals surface area (Å²) in [6, 6.07) is 1.53. The number of pyridine rings is 1.